The highest BCUT2D eigenvalue weighted by molar-refractivity contribution is 5.69. The number of amides is 1. The number of ether oxygens (including phenoxy) is 1. The predicted octanol–water partition coefficient (Wildman–Crippen LogP) is 2.08. The number of nitrogens with zero attached hydrogens (tertiary/aromatic N) is 1. The molecule has 1 aliphatic heterocycles. The van der Waals surface area contributed by atoms with E-state index in [-0.39, 0.29) is 11.8 Å². The molecule has 1 atom stereocenters. The molecule has 0 spiro atoms. The van der Waals surface area contributed by atoms with Gasteiger partial charge in [0, 0.05) is 20.0 Å². The number of aromatic hydroxyl groups is 1. The second-order valence-corrected chi connectivity index (χ2v) is 4.32. The Bertz CT molecular complexity index is 418. The number of carbonyl (C=O) groups excluding carboxylic acids is 1. The molecule has 0 bridgehead atoms. The summed E-state index contributed by atoms with van der Waals surface area (Å²) in [4.78, 5) is 13.1. The number of cyclic esters (lactones) is 1. The van der Waals surface area contributed by atoms with E-state index in [0.717, 1.165) is 12.0 Å². The van der Waals surface area contributed by atoms with Gasteiger partial charge in [0.05, 0.1) is 0 Å². The second-order valence-electron chi connectivity index (χ2n) is 4.32. The lowest BCUT2D eigenvalue weighted by Gasteiger charge is -2.37. The molecule has 1 amide bonds. The van der Waals surface area contributed by atoms with Gasteiger partial charge in [-0.3, -0.25) is 0 Å². The summed E-state index contributed by atoms with van der Waals surface area (Å²) in [5.74, 6) is 0.189. The van der Waals surface area contributed by atoms with Crippen molar-refractivity contribution in [2.24, 2.45) is 0 Å². The van der Waals surface area contributed by atoms with Crippen LogP contribution in [0.3, 0.4) is 0 Å². The molecule has 1 N–H and O–H groups in total. The molecule has 1 heterocycles. The first-order valence-corrected chi connectivity index (χ1v) is 5.25. The number of benzene rings is 1. The summed E-state index contributed by atoms with van der Waals surface area (Å²) in [6.45, 7) is 2.53. The minimum atomic E-state index is -0.637. The van der Waals surface area contributed by atoms with E-state index in [2.05, 4.69) is 0 Å². The van der Waals surface area contributed by atoms with Crippen molar-refractivity contribution in [1.82, 2.24) is 4.90 Å². The smallest absolute Gasteiger partial charge is 0.410 e. The van der Waals surface area contributed by atoms with Gasteiger partial charge in [0.25, 0.3) is 0 Å². The first-order valence-electron chi connectivity index (χ1n) is 5.25. The molecule has 2 rings (SSSR count). The number of carbonyl (C=O) groups is 1. The predicted molar refractivity (Wildman–Crippen MR) is 59.2 cm³/mol. The Kier molecular flexibility index (Phi) is 2.50. The van der Waals surface area contributed by atoms with Crippen LogP contribution in [0.25, 0.3) is 0 Å². The lowest BCUT2D eigenvalue weighted by Crippen LogP contribution is -2.44. The molecule has 86 valence electrons. The number of hydrogen-bond acceptors (Lipinski definition) is 3. The van der Waals surface area contributed by atoms with Crippen LogP contribution in [-0.4, -0.2) is 29.7 Å². The van der Waals surface area contributed by atoms with Crippen molar-refractivity contribution >= 4 is 6.09 Å². The second kappa shape index (κ2) is 3.70. The fourth-order valence-electron chi connectivity index (χ4n) is 1.83. The van der Waals surface area contributed by atoms with Gasteiger partial charge in [-0.2, -0.15) is 0 Å². The van der Waals surface area contributed by atoms with E-state index < -0.39 is 5.60 Å². The molecular weight excluding hydrogens is 206 g/mol. The zero-order valence-corrected chi connectivity index (χ0v) is 9.43. The molecule has 0 aromatic heterocycles. The van der Waals surface area contributed by atoms with Crippen LogP contribution in [0.4, 0.5) is 4.79 Å². The fraction of sp³-hybridized carbons (Fsp3) is 0.417. The molecule has 16 heavy (non-hydrogen) atoms. The van der Waals surface area contributed by atoms with E-state index in [0.29, 0.717) is 6.54 Å². The van der Waals surface area contributed by atoms with Gasteiger partial charge in [-0.15, -0.1) is 0 Å². The Morgan fingerprint density at radius 1 is 1.50 bits per heavy atom. The Hall–Kier alpha value is -1.71. The van der Waals surface area contributed by atoms with Crippen LogP contribution in [0.1, 0.15) is 18.9 Å². The quantitative estimate of drug-likeness (QED) is 0.789. The zero-order valence-electron chi connectivity index (χ0n) is 9.43. The Labute approximate surface area is 94.4 Å². The zero-order chi connectivity index (χ0) is 11.8. The molecule has 4 heteroatoms. The van der Waals surface area contributed by atoms with Gasteiger partial charge in [0.1, 0.15) is 11.4 Å². The topological polar surface area (TPSA) is 49.8 Å². The molecule has 1 aromatic carbocycles. The van der Waals surface area contributed by atoms with Crippen molar-refractivity contribution in [2.75, 3.05) is 13.6 Å². The number of phenols is 1. The molecular formula is C12H15NO3. The van der Waals surface area contributed by atoms with Crippen molar-refractivity contribution in [3.8, 4) is 5.75 Å². The first-order chi connectivity index (χ1) is 7.51. The minimum Gasteiger partial charge on any atom is -0.508 e. The largest absolute Gasteiger partial charge is 0.508 e. The number of hydrogen-bond donors (Lipinski definition) is 1. The van der Waals surface area contributed by atoms with Gasteiger partial charge in [0.2, 0.25) is 0 Å². The van der Waals surface area contributed by atoms with E-state index >= 15 is 0 Å². The summed E-state index contributed by atoms with van der Waals surface area (Å²) < 4.78 is 5.40. The van der Waals surface area contributed by atoms with Crippen LogP contribution in [-0.2, 0) is 10.3 Å². The third-order valence-corrected chi connectivity index (χ3v) is 3.01. The van der Waals surface area contributed by atoms with Gasteiger partial charge in [0.15, 0.2) is 0 Å². The normalized spacial score (nSPS) is 25.4. The van der Waals surface area contributed by atoms with Gasteiger partial charge in [-0.1, -0.05) is 12.1 Å². The molecule has 1 aliphatic rings. The molecule has 1 aromatic rings. The molecule has 1 fully saturated rings. The summed E-state index contributed by atoms with van der Waals surface area (Å²) in [6.07, 6.45) is 0.399. The van der Waals surface area contributed by atoms with Gasteiger partial charge in [-0.25, -0.2) is 4.79 Å². The van der Waals surface area contributed by atoms with Crippen LogP contribution in [0.5, 0.6) is 5.75 Å². The highest BCUT2D eigenvalue weighted by Crippen LogP contribution is 2.34. The van der Waals surface area contributed by atoms with E-state index in [1.807, 2.05) is 13.0 Å². The Morgan fingerprint density at radius 3 is 2.88 bits per heavy atom. The molecule has 0 saturated carbocycles. The summed E-state index contributed by atoms with van der Waals surface area (Å²) in [7, 11) is 1.71. The van der Waals surface area contributed by atoms with Crippen molar-refractivity contribution in [3.63, 3.8) is 0 Å². The molecule has 4 nitrogen and oxygen atoms in total. The average molecular weight is 221 g/mol. The van der Waals surface area contributed by atoms with E-state index in [9.17, 15) is 9.90 Å². The summed E-state index contributed by atoms with van der Waals surface area (Å²) in [6, 6.07) is 6.85. The summed E-state index contributed by atoms with van der Waals surface area (Å²) in [5, 5.41) is 9.43. The maximum atomic E-state index is 11.5. The average Bonchev–Trinajstić information content (AvgIpc) is 2.24. The minimum absolute atomic E-state index is 0.189. The molecule has 1 unspecified atom stereocenters. The standard InChI is InChI=1S/C12H15NO3/c1-12(6-7-13(2)11(15)16-12)9-4-3-5-10(14)8-9/h3-5,8,14H,6-7H2,1-2H3. The van der Waals surface area contributed by atoms with Crippen LogP contribution < -0.4 is 0 Å². The van der Waals surface area contributed by atoms with Crippen LogP contribution >= 0.6 is 0 Å². The molecule has 1 saturated heterocycles. The summed E-state index contributed by atoms with van der Waals surface area (Å²) >= 11 is 0. The van der Waals surface area contributed by atoms with E-state index in [4.69, 9.17) is 4.74 Å². The maximum Gasteiger partial charge on any atom is 0.410 e. The van der Waals surface area contributed by atoms with E-state index in [1.165, 1.54) is 0 Å². The monoisotopic (exact) mass is 221 g/mol. The highest BCUT2D eigenvalue weighted by Gasteiger charge is 2.36. The summed E-state index contributed by atoms with van der Waals surface area (Å²) in [5.41, 5.74) is 0.191. The third kappa shape index (κ3) is 1.83. The number of rotatable bonds is 1. The lowest BCUT2D eigenvalue weighted by molar-refractivity contribution is -0.0351. The highest BCUT2D eigenvalue weighted by atomic mass is 16.6. The molecule has 0 aliphatic carbocycles. The Morgan fingerprint density at radius 2 is 2.25 bits per heavy atom. The third-order valence-electron chi connectivity index (χ3n) is 3.01. The van der Waals surface area contributed by atoms with Gasteiger partial charge in [-0.05, 0) is 24.6 Å². The van der Waals surface area contributed by atoms with Crippen molar-refractivity contribution in [1.29, 1.82) is 0 Å². The Balaban J connectivity index is 2.29. The van der Waals surface area contributed by atoms with Gasteiger partial charge < -0.3 is 14.7 Å². The van der Waals surface area contributed by atoms with E-state index in [1.54, 1.807) is 30.1 Å². The molecule has 0 radical (unpaired) electrons. The first kappa shape index (κ1) is 10.8. The van der Waals surface area contributed by atoms with Gasteiger partial charge >= 0.3 is 6.09 Å². The SMILES string of the molecule is CN1CCC(C)(c2cccc(O)c2)OC1=O. The number of phenolic OH excluding ortho intramolecular Hbond substituents is 1. The van der Waals surface area contributed by atoms with Crippen LogP contribution in [0.2, 0.25) is 0 Å². The fourth-order valence-corrected chi connectivity index (χ4v) is 1.83. The van der Waals surface area contributed by atoms with Crippen molar-refractivity contribution in [3.05, 3.63) is 29.8 Å². The van der Waals surface area contributed by atoms with Crippen molar-refractivity contribution < 1.29 is 14.6 Å². The van der Waals surface area contributed by atoms with Crippen LogP contribution in [0.15, 0.2) is 24.3 Å². The van der Waals surface area contributed by atoms with Crippen molar-refractivity contribution in [2.45, 2.75) is 18.9 Å². The van der Waals surface area contributed by atoms with Crippen LogP contribution in [0, 0.1) is 0 Å². The maximum absolute atomic E-state index is 11.5. The lowest BCUT2D eigenvalue weighted by atomic mass is 9.91.